The van der Waals surface area contributed by atoms with Gasteiger partial charge in [-0.2, -0.15) is 0 Å². The zero-order valence-corrected chi connectivity index (χ0v) is 14.2. The van der Waals surface area contributed by atoms with Crippen molar-refractivity contribution in [3.63, 3.8) is 0 Å². The average molecular weight is 350 g/mol. The third-order valence-corrected chi connectivity index (χ3v) is 4.29. The summed E-state index contributed by atoms with van der Waals surface area (Å²) in [5.41, 5.74) is 1.04. The Morgan fingerprint density at radius 1 is 1.29 bits per heavy atom. The normalized spacial score (nSPS) is 15.1. The van der Waals surface area contributed by atoms with E-state index in [2.05, 4.69) is 5.32 Å². The molecule has 7 nitrogen and oxygen atoms in total. The highest BCUT2D eigenvalue weighted by Crippen LogP contribution is 2.17. The van der Waals surface area contributed by atoms with Crippen LogP contribution in [-0.4, -0.2) is 52.7 Å². The first-order chi connectivity index (χ1) is 11.4. The fourth-order valence-corrected chi connectivity index (χ4v) is 2.87. The molecule has 8 heteroatoms. The number of Topliss-reactive ketones (excluding diaryl/α,β-unsaturated/α-hetero) is 1. The predicted molar refractivity (Wildman–Crippen MR) is 90.1 cm³/mol. The van der Waals surface area contributed by atoms with Gasteiger partial charge in [0.1, 0.15) is 6.54 Å². The van der Waals surface area contributed by atoms with Crippen molar-refractivity contribution in [2.75, 3.05) is 24.2 Å². The number of esters is 1. The molecule has 0 unspecified atom stereocenters. The number of hydrogen-bond acceptors (Lipinski definition) is 6. The van der Waals surface area contributed by atoms with E-state index >= 15 is 0 Å². The molecule has 0 aliphatic carbocycles. The van der Waals surface area contributed by atoms with Crippen LogP contribution in [0.5, 0.6) is 0 Å². The summed E-state index contributed by atoms with van der Waals surface area (Å²) in [4.78, 5) is 47.8. The number of carbonyl (C=O) groups excluding carboxylic acids is 4. The molecule has 0 aromatic heterocycles. The third-order valence-electron chi connectivity index (χ3n) is 3.40. The first-order valence-electron chi connectivity index (χ1n) is 7.40. The molecule has 1 fully saturated rings. The maximum Gasteiger partial charge on any atom is 0.326 e. The van der Waals surface area contributed by atoms with Crippen LogP contribution in [-0.2, 0) is 14.3 Å². The van der Waals surface area contributed by atoms with Crippen molar-refractivity contribution in [1.82, 2.24) is 4.90 Å². The highest BCUT2D eigenvalue weighted by molar-refractivity contribution is 8.13. The molecule has 0 saturated carbocycles. The van der Waals surface area contributed by atoms with Crippen LogP contribution in [0, 0.1) is 0 Å². The Hall–Kier alpha value is -2.35. The van der Waals surface area contributed by atoms with E-state index in [1.165, 1.54) is 18.7 Å². The molecular formula is C16H18N2O5S. The molecule has 1 N–H and O–H groups in total. The van der Waals surface area contributed by atoms with E-state index in [4.69, 9.17) is 4.74 Å². The molecule has 1 saturated heterocycles. The van der Waals surface area contributed by atoms with E-state index in [0.29, 0.717) is 23.5 Å². The second kappa shape index (κ2) is 7.96. The van der Waals surface area contributed by atoms with Crippen LogP contribution in [0.1, 0.15) is 24.2 Å². The largest absolute Gasteiger partial charge is 0.451 e. The monoisotopic (exact) mass is 350 g/mol. The molecule has 1 aliphatic heterocycles. The molecule has 0 bridgehead atoms. The zero-order chi connectivity index (χ0) is 17.7. The van der Waals surface area contributed by atoms with Crippen LogP contribution in [0.2, 0.25) is 0 Å². The van der Waals surface area contributed by atoms with E-state index < -0.39 is 18.0 Å². The summed E-state index contributed by atoms with van der Waals surface area (Å²) in [5.74, 6) is -0.524. The van der Waals surface area contributed by atoms with Crippen molar-refractivity contribution in [2.45, 2.75) is 20.0 Å². The van der Waals surface area contributed by atoms with Gasteiger partial charge < -0.3 is 15.0 Å². The molecule has 1 aromatic rings. The summed E-state index contributed by atoms with van der Waals surface area (Å²) in [6.07, 6.45) is -0.990. The van der Waals surface area contributed by atoms with E-state index in [1.54, 1.807) is 24.3 Å². The summed E-state index contributed by atoms with van der Waals surface area (Å²) in [7, 11) is 0. The number of anilines is 1. The highest BCUT2D eigenvalue weighted by Gasteiger charge is 2.26. The Balaban J connectivity index is 1.84. The Morgan fingerprint density at radius 3 is 2.50 bits per heavy atom. The molecule has 128 valence electrons. The van der Waals surface area contributed by atoms with E-state index in [1.807, 2.05) is 0 Å². The fraction of sp³-hybridized carbons (Fsp3) is 0.375. The van der Waals surface area contributed by atoms with Crippen LogP contribution in [0.15, 0.2) is 24.3 Å². The number of hydrogen-bond donors (Lipinski definition) is 1. The van der Waals surface area contributed by atoms with Crippen molar-refractivity contribution in [1.29, 1.82) is 0 Å². The molecule has 2 rings (SSSR count). The highest BCUT2D eigenvalue weighted by atomic mass is 32.2. The number of nitrogens with one attached hydrogen (secondary N) is 1. The summed E-state index contributed by atoms with van der Waals surface area (Å²) in [6, 6.07) is 6.41. The molecule has 1 aromatic carbocycles. The Kier molecular flexibility index (Phi) is 5.97. The topological polar surface area (TPSA) is 92.8 Å². The van der Waals surface area contributed by atoms with Crippen molar-refractivity contribution in [2.24, 2.45) is 0 Å². The van der Waals surface area contributed by atoms with E-state index in [0.717, 1.165) is 11.8 Å². The predicted octanol–water partition coefficient (Wildman–Crippen LogP) is 1.93. The van der Waals surface area contributed by atoms with Crippen LogP contribution < -0.4 is 5.32 Å². The summed E-state index contributed by atoms with van der Waals surface area (Å²) in [6.45, 7) is 3.26. The van der Waals surface area contributed by atoms with Gasteiger partial charge in [-0.1, -0.05) is 11.8 Å². The van der Waals surface area contributed by atoms with Gasteiger partial charge in [0.05, 0.1) is 0 Å². The Labute approximate surface area is 143 Å². The first-order valence-corrected chi connectivity index (χ1v) is 8.38. The van der Waals surface area contributed by atoms with E-state index in [-0.39, 0.29) is 17.6 Å². The molecule has 2 amide bonds. The lowest BCUT2D eigenvalue weighted by Gasteiger charge is -2.17. The van der Waals surface area contributed by atoms with Gasteiger partial charge in [-0.15, -0.1) is 0 Å². The minimum Gasteiger partial charge on any atom is -0.451 e. The van der Waals surface area contributed by atoms with Gasteiger partial charge in [0.15, 0.2) is 11.9 Å². The lowest BCUT2D eigenvalue weighted by molar-refractivity contribution is -0.153. The zero-order valence-electron chi connectivity index (χ0n) is 13.4. The standard InChI is InChI=1S/C16H18N2O5S/c1-10(19)12-3-5-13(6-4-12)17-15(21)11(2)23-14(20)9-18-7-8-24-16(18)22/h3-6,11H,7-9H2,1-2H3,(H,17,21)/t11-/m1/s1. The van der Waals surface area contributed by atoms with Gasteiger partial charge in [-0.3, -0.25) is 19.2 Å². The molecule has 24 heavy (non-hydrogen) atoms. The third kappa shape index (κ3) is 4.82. The van der Waals surface area contributed by atoms with Crippen molar-refractivity contribution in [3.8, 4) is 0 Å². The van der Waals surface area contributed by atoms with Gasteiger partial charge in [0, 0.05) is 23.5 Å². The lowest BCUT2D eigenvalue weighted by atomic mass is 10.1. The van der Waals surface area contributed by atoms with Gasteiger partial charge in [0.25, 0.3) is 11.1 Å². The molecule has 1 atom stereocenters. The van der Waals surface area contributed by atoms with Gasteiger partial charge >= 0.3 is 5.97 Å². The summed E-state index contributed by atoms with van der Waals surface area (Å²) in [5, 5.41) is 2.45. The molecule has 0 radical (unpaired) electrons. The van der Waals surface area contributed by atoms with E-state index in [9.17, 15) is 19.2 Å². The lowest BCUT2D eigenvalue weighted by Crippen LogP contribution is -2.36. The number of benzene rings is 1. The number of amides is 2. The average Bonchev–Trinajstić information content (AvgIpc) is 2.92. The molecule has 1 heterocycles. The molecule has 0 spiro atoms. The SMILES string of the molecule is CC(=O)c1ccc(NC(=O)[C@@H](C)OC(=O)CN2CCSC2=O)cc1. The maximum absolute atomic E-state index is 12.0. The second-order valence-corrected chi connectivity index (χ2v) is 6.34. The first kappa shape index (κ1) is 18.0. The second-order valence-electron chi connectivity index (χ2n) is 5.29. The number of rotatable bonds is 6. The van der Waals surface area contributed by atoms with Crippen molar-refractivity contribution < 1.29 is 23.9 Å². The minimum atomic E-state index is -0.990. The van der Waals surface area contributed by atoms with Crippen molar-refractivity contribution >= 4 is 40.3 Å². The van der Waals surface area contributed by atoms with Gasteiger partial charge in [-0.05, 0) is 38.1 Å². The van der Waals surface area contributed by atoms with Crippen molar-refractivity contribution in [3.05, 3.63) is 29.8 Å². The van der Waals surface area contributed by atoms with Crippen LogP contribution in [0.3, 0.4) is 0 Å². The quantitative estimate of drug-likeness (QED) is 0.622. The number of carbonyl (C=O) groups is 4. The Bertz CT molecular complexity index is 659. The molecule has 1 aliphatic rings. The number of ether oxygens (including phenoxy) is 1. The number of nitrogens with zero attached hydrogens (tertiary/aromatic N) is 1. The number of ketones is 1. The van der Waals surface area contributed by atoms with Gasteiger partial charge in [0.2, 0.25) is 0 Å². The van der Waals surface area contributed by atoms with Crippen LogP contribution in [0.4, 0.5) is 10.5 Å². The molecular weight excluding hydrogens is 332 g/mol. The number of thioether (sulfide) groups is 1. The minimum absolute atomic E-state index is 0.0650. The van der Waals surface area contributed by atoms with Gasteiger partial charge in [-0.25, -0.2) is 0 Å². The summed E-state index contributed by atoms with van der Waals surface area (Å²) >= 11 is 1.15. The fourth-order valence-electron chi connectivity index (χ4n) is 2.05. The van der Waals surface area contributed by atoms with Crippen LogP contribution >= 0.6 is 11.8 Å². The Morgan fingerprint density at radius 2 is 1.96 bits per heavy atom. The smallest absolute Gasteiger partial charge is 0.326 e. The van der Waals surface area contributed by atoms with Crippen LogP contribution in [0.25, 0.3) is 0 Å². The maximum atomic E-state index is 12.0. The summed E-state index contributed by atoms with van der Waals surface area (Å²) < 4.78 is 5.05.